The van der Waals surface area contributed by atoms with Crippen molar-refractivity contribution >= 4 is 30.5 Å². The highest BCUT2D eigenvalue weighted by atomic mass is 35.5. The Bertz CT molecular complexity index is 520. The number of benzene rings is 1. The molecule has 0 spiro atoms. The van der Waals surface area contributed by atoms with E-state index >= 15 is 0 Å². The van der Waals surface area contributed by atoms with Gasteiger partial charge in [-0.25, -0.2) is 4.98 Å². The highest BCUT2D eigenvalue weighted by Gasteiger charge is 2.04. The summed E-state index contributed by atoms with van der Waals surface area (Å²) >= 11 is 0. The third-order valence-corrected chi connectivity index (χ3v) is 2.58. The lowest BCUT2D eigenvalue weighted by Gasteiger charge is -2.03. The van der Waals surface area contributed by atoms with E-state index in [-0.39, 0.29) is 35.4 Å². The number of nitro groups is 1. The zero-order chi connectivity index (χ0) is 12.8. The fourth-order valence-electron chi connectivity index (χ4n) is 1.66. The predicted octanol–water partition coefficient (Wildman–Crippen LogP) is 2.49. The summed E-state index contributed by atoms with van der Waals surface area (Å²) in [6.45, 7) is 1.42. The highest BCUT2D eigenvalue weighted by molar-refractivity contribution is 5.85. The Morgan fingerprint density at radius 2 is 2.15 bits per heavy atom. The summed E-state index contributed by atoms with van der Waals surface area (Å²) in [6.07, 6.45) is 4.29. The molecule has 0 saturated carbocycles. The van der Waals surface area contributed by atoms with Crippen LogP contribution in [0.5, 0.6) is 0 Å². The van der Waals surface area contributed by atoms with Gasteiger partial charge < -0.3 is 10.3 Å². The van der Waals surface area contributed by atoms with Crippen molar-refractivity contribution in [3.8, 4) is 0 Å². The normalized spacial score (nSPS) is 9.40. The summed E-state index contributed by atoms with van der Waals surface area (Å²) in [5, 5.41) is 13.8. The maximum absolute atomic E-state index is 10.6. The van der Waals surface area contributed by atoms with E-state index < -0.39 is 0 Å². The number of halogens is 2. The van der Waals surface area contributed by atoms with Crippen LogP contribution >= 0.6 is 24.8 Å². The largest absolute Gasteiger partial charge is 0.348 e. The summed E-state index contributed by atoms with van der Waals surface area (Å²) in [4.78, 5) is 17.2. The topological polar surface area (TPSA) is 83.8 Å². The van der Waals surface area contributed by atoms with E-state index in [0.717, 1.165) is 24.2 Å². The van der Waals surface area contributed by atoms with Crippen molar-refractivity contribution in [1.29, 1.82) is 0 Å². The molecule has 0 aliphatic heterocycles. The molecule has 0 fully saturated rings. The maximum atomic E-state index is 10.6. The molecule has 2 aromatic rings. The fraction of sp³-hybridized carbons (Fsp3) is 0.250. The van der Waals surface area contributed by atoms with Gasteiger partial charge in [-0.3, -0.25) is 10.1 Å². The molecule has 8 heteroatoms. The lowest BCUT2D eigenvalue weighted by atomic mass is 10.2. The molecule has 110 valence electrons. The standard InChI is InChI=1S/C12H14N4O2.2ClH/c17-16(18)12-3-1-2-10(6-12)7-13-5-4-11-8-14-9-15-11;;/h1-3,6,8-9,13H,4-5,7H2,(H,14,15);2*1H. The number of rotatable bonds is 6. The first kappa shape index (κ1) is 18.4. The van der Waals surface area contributed by atoms with Crippen LogP contribution in [0.15, 0.2) is 36.8 Å². The number of H-pyrrole nitrogens is 1. The second-order valence-electron chi connectivity index (χ2n) is 3.93. The van der Waals surface area contributed by atoms with E-state index in [1.807, 2.05) is 6.07 Å². The molecular formula is C12H16Cl2N4O2. The maximum Gasteiger partial charge on any atom is 0.269 e. The molecule has 0 aliphatic rings. The third kappa shape index (κ3) is 5.56. The second-order valence-corrected chi connectivity index (χ2v) is 3.93. The van der Waals surface area contributed by atoms with E-state index in [9.17, 15) is 10.1 Å². The Hall–Kier alpha value is -1.63. The van der Waals surface area contributed by atoms with Gasteiger partial charge in [0.15, 0.2) is 0 Å². The number of non-ortho nitro benzene ring substituents is 1. The molecule has 0 atom stereocenters. The predicted molar refractivity (Wildman–Crippen MR) is 81.6 cm³/mol. The molecule has 1 heterocycles. The summed E-state index contributed by atoms with van der Waals surface area (Å²) in [6, 6.07) is 6.65. The average Bonchev–Trinajstić information content (AvgIpc) is 2.88. The minimum Gasteiger partial charge on any atom is -0.348 e. The van der Waals surface area contributed by atoms with Crippen molar-refractivity contribution in [2.75, 3.05) is 6.54 Å². The molecule has 0 saturated heterocycles. The SMILES string of the molecule is Cl.Cl.O=[N+]([O-])c1cccc(CNCCc2cnc[nH]2)c1. The van der Waals surface area contributed by atoms with Gasteiger partial charge in [0.05, 0.1) is 11.3 Å². The minimum absolute atomic E-state index is 0. The molecule has 0 amide bonds. The summed E-state index contributed by atoms with van der Waals surface area (Å²) in [7, 11) is 0. The van der Waals surface area contributed by atoms with Crippen molar-refractivity contribution in [1.82, 2.24) is 15.3 Å². The van der Waals surface area contributed by atoms with E-state index in [1.165, 1.54) is 6.07 Å². The zero-order valence-electron chi connectivity index (χ0n) is 10.6. The number of aromatic amines is 1. The smallest absolute Gasteiger partial charge is 0.269 e. The van der Waals surface area contributed by atoms with Gasteiger partial charge >= 0.3 is 0 Å². The van der Waals surface area contributed by atoms with Gasteiger partial charge in [-0.05, 0) is 5.56 Å². The van der Waals surface area contributed by atoms with Gasteiger partial charge in [0.1, 0.15) is 0 Å². The fourth-order valence-corrected chi connectivity index (χ4v) is 1.66. The highest BCUT2D eigenvalue weighted by Crippen LogP contribution is 2.12. The molecule has 2 rings (SSSR count). The number of hydrogen-bond acceptors (Lipinski definition) is 4. The van der Waals surface area contributed by atoms with Crippen LogP contribution < -0.4 is 5.32 Å². The van der Waals surface area contributed by atoms with Gasteiger partial charge in [0.2, 0.25) is 0 Å². The number of nitrogens with zero attached hydrogens (tertiary/aromatic N) is 2. The number of imidazole rings is 1. The molecule has 6 nitrogen and oxygen atoms in total. The Morgan fingerprint density at radius 3 is 2.80 bits per heavy atom. The van der Waals surface area contributed by atoms with Crippen LogP contribution in [0.2, 0.25) is 0 Å². The van der Waals surface area contributed by atoms with Gasteiger partial charge in [0, 0.05) is 43.5 Å². The number of hydrogen-bond donors (Lipinski definition) is 2. The summed E-state index contributed by atoms with van der Waals surface area (Å²) < 4.78 is 0. The van der Waals surface area contributed by atoms with E-state index in [2.05, 4.69) is 15.3 Å². The second kappa shape index (κ2) is 9.30. The zero-order valence-corrected chi connectivity index (χ0v) is 12.2. The van der Waals surface area contributed by atoms with E-state index in [4.69, 9.17) is 0 Å². The molecular weight excluding hydrogens is 303 g/mol. The average molecular weight is 319 g/mol. The van der Waals surface area contributed by atoms with Gasteiger partial charge in [0.25, 0.3) is 5.69 Å². The summed E-state index contributed by atoms with van der Waals surface area (Å²) in [5.74, 6) is 0. The monoisotopic (exact) mass is 318 g/mol. The van der Waals surface area contributed by atoms with E-state index in [1.54, 1.807) is 24.7 Å². The van der Waals surface area contributed by atoms with Crippen LogP contribution in [0.4, 0.5) is 5.69 Å². The number of aromatic nitrogens is 2. The first-order valence-electron chi connectivity index (χ1n) is 5.67. The quantitative estimate of drug-likeness (QED) is 0.487. The lowest BCUT2D eigenvalue weighted by molar-refractivity contribution is -0.384. The Labute approximate surface area is 129 Å². The van der Waals surface area contributed by atoms with Crippen LogP contribution in [0.3, 0.4) is 0 Å². The summed E-state index contributed by atoms with van der Waals surface area (Å²) in [5.41, 5.74) is 2.11. The van der Waals surface area contributed by atoms with Crippen LogP contribution in [0.25, 0.3) is 0 Å². The van der Waals surface area contributed by atoms with Crippen LogP contribution in [0, 0.1) is 10.1 Å². The van der Waals surface area contributed by atoms with Gasteiger partial charge in [-0.15, -0.1) is 24.8 Å². The first-order valence-corrected chi connectivity index (χ1v) is 5.67. The lowest BCUT2D eigenvalue weighted by Crippen LogP contribution is -2.16. The molecule has 1 aromatic carbocycles. The molecule has 2 N–H and O–H groups in total. The molecule has 0 aliphatic carbocycles. The van der Waals surface area contributed by atoms with Crippen molar-refractivity contribution in [2.45, 2.75) is 13.0 Å². The first-order chi connectivity index (χ1) is 8.75. The Morgan fingerprint density at radius 1 is 1.35 bits per heavy atom. The van der Waals surface area contributed by atoms with Crippen molar-refractivity contribution in [3.05, 3.63) is 58.2 Å². The van der Waals surface area contributed by atoms with Crippen LogP contribution in [-0.4, -0.2) is 21.4 Å². The molecule has 0 unspecified atom stereocenters. The Balaban J connectivity index is 0.00000180. The number of nitro benzene ring substituents is 1. The van der Waals surface area contributed by atoms with Gasteiger partial charge in [-0.2, -0.15) is 0 Å². The Kier molecular flexibility index (Phi) is 8.54. The molecule has 0 bridgehead atoms. The molecule has 0 radical (unpaired) electrons. The van der Waals surface area contributed by atoms with Crippen molar-refractivity contribution in [2.24, 2.45) is 0 Å². The molecule has 20 heavy (non-hydrogen) atoms. The van der Waals surface area contributed by atoms with Crippen molar-refractivity contribution in [3.63, 3.8) is 0 Å². The van der Waals surface area contributed by atoms with Gasteiger partial charge in [-0.1, -0.05) is 12.1 Å². The van der Waals surface area contributed by atoms with Crippen molar-refractivity contribution < 1.29 is 4.92 Å². The third-order valence-electron chi connectivity index (χ3n) is 2.58. The minimum atomic E-state index is -0.381. The molecule has 1 aromatic heterocycles. The van der Waals surface area contributed by atoms with Crippen LogP contribution in [0.1, 0.15) is 11.3 Å². The van der Waals surface area contributed by atoms with E-state index in [0.29, 0.717) is 6.54 Å². The van der Waals surface area contributed by atoms with Crippen LogP contribution in [-0.2, 0) is 13.0 Å². The number of nitrogens with one attached hydrogen (secondary N) is 2.